The highest BCUT2D eigenvalue weighted by Gasteiger charge is 2.06. The smallest absolute Gasteiger partial charge is 0.138 e. The average Bonchev–Trinajstić information content (AvgIpc) is 2.78. The maximum atomic E-state index is 5.47. The normalized spacial score (nSPS) is 11.1. The molecule has 2 N–H and O–H groups in total. The molecule has 0 unspecified atom stereocenters. The van der Waals surface area contributed by atoms with E-state index in [-0.39, 0.29) is 0 Å². The van der Waals surface area contributed by atoms with Crippen LogP contribution in [0.25, 0.3) is 11.3 Å². The van der Waals surface area contributed by atoms with Crippen molar-refractivity contribution in [2.24, 2.45) is 5.73 Å². The summed E-state index contributed by atoms with van der Waals surface area (Å²) in [5.74, 6) is 1.39. The van der Waals surface area contributed by atoms with Crippen LogP contribution < -0.4 is 5.73 Å². The molecular weight excluding hydrogens is 212 g/mol. The van der Waals surface area contributed by atoms with E-state index in [4.69, 9.17) is 10.3 Å². The lowest BCUT2D eigenvalue weighted by Crippen LogP contribution is -2.01. The average molecular weight is 230 g/mol. The molecule has 2 aromatic rings. The Morgan fingerprint density at radius 2 is 1.94 bits per heavy atom. The standard InChI is InChI=1S/C14H18N2O/c1-10(2)11-3-5-12(6-4-11)14-9-13(7-8-15)17-16-14/h3-6,9-10H,7-8,15H2,1-2H3. The van der Waals surface area contributed by atoms with E-state index in [1.807, 2.05) is 6.07 Å². The Bertz CT molecular complexity index is 471. The van der Waals surface area contributed by atoms with Crippen molar-refractivity contribution in [1.29, 1.82) is 0 Å². The number of hydrogen-bond donors (Lipinski definition) is 1. The first-order valence-electron chi connectivity index (χ1n) is 5.96. The number of rotatable bonds is 4. The van der Waals surface area contributed by atoms with E-state index in [1.165, 1.54) is 5.56 Å². The van der Waals surface area contributed by atoms with Crippen LogP contribution >= 0.6 is 0 Å². The Morgan fingerprint density at radius 3 is 2.53 bits per heavy atom. The van der Waals surface area contributed by atoms with Crippen molar-refractivity contribution >= 4 is 0 Å². The van der Waals surface area contributed by atoms with Crippen LogP contribution in [0.1, 0.15) is 31.1 Å². The van der Waals surface area contributed by atoms with Crippen LogP contribution in [0.3, 0.4) is 0 Å². The van der Waals surface area contributed by atoms with Crippen LogP contribution in [0, 0.1) is 0 Å². The third kappa shape index (κ3) is 2.74. The fourth-order valence-electron chi connectivity index (χ4n) is 1.75. The number of nitrogens with zero attached hydrogens (tertiary/aromatic N) is 1. The van der Waals surface area contributed by atoms with E-state index in [2.05, 4.69) is 43.3 Å². The van der Waals surface area contributed by atoms with Crippen molar-refractivity contribution in [1.82, 2.24) is 5.16 Å². The Kier molecular flexibility index (Phi) is 3.59. The molecule has 1 aromatic heterocycles. The van der Waals surface area contributed by atoms with Gasteiger partial charge in [0.25, 0.3) is 0 Å². The summed E-state index contributed by atoms with van der Waals surface area (Å²) < 4.78 is 5.21. The summed E-state index contributed by atoms with van der Waals surface area (Å²) >= 11 is 0. The predicted molar refractivity (Wildman–Crippen MR) is 68.8 cm³/mol. The summed E-state index contributed by atoms with van der Waals surface area (Å²) in [7, 11) is 0. The molecule has 0 fully saturated rings. The topological polar surface area (TPSA) is 52.0 Å². The Labute approximate surface area is 102 Å². The van der Waals surface area contributed by atoms with E-state index < -0.39 is 0 Å². The fourth-order valence-corrected chi connectivity index (χ4v) is 1.75. The molecule has 90 valence electrons. The lowest BCUT2D eigenvalue weighted by Gasteiger charge is -2.04. The lowest BCUT2D eigenvalue weighted by atomic mass is 10.0. The van der Waals surface area contributed by atoms with E-state index in [0.717, 1.165) is 23.4 Å². The van der Waals surface area contributed by atoms with Crippen molar-refractivity contribution in [2.75, 3.05) is 6.54 Å². The third-order valence-electron chi connectivity index (χ3n) is 2.82. The zero-order valence-corrected chi connectivity index (χ0v) is 10.3. The molecular formula is C14H18N2O. The van der Waals surface area contributed by atoms with Gasteiger partial charge in [-0.3, -0.25) is 0 Å². The molecule has 0 bridgehead atoms. The molecule has 2 rings (SSSR count). The largest absolute Gasteiger partial charge is 0.361 e. The van der Waals surface area contributed by atoms with Gasteiger partial charge >= 0.3 is 0 Å². The van der Waals surface area contributed by atoms with Crippen LogP contribution in [0.5, 0.6) is 0 Å². The zero-order chi connectivity index (χ0) is 12.3. The first-order valence-corrected chi connectivity index (χ1v) is 5.96. The first-order chi connectivity index (χ1) is 8.20. The molecule has 0 saturated carbocycles. The van der Waals surface area contributed by atoms with Gasteiger partial charge in [0.15, 0.2) is 0 Å². The second-order valence-corrected chi connectivity index (χ2v) is 4.49. The SMILES string of the molecule is CC(C)c1ccc(-c2cc(CCN)on2)cc1. The summed E-state index contributed by atoms with van der Waals surface area (Å²) in [5.41, 5.74) is 8.77. The molecule has 1 aromatic carbocycles. The van der Waals surface area contributed by atoms with Crippen molar-refractivity contribution in [2.45, 2.75) is 26.2 Å². The van der Waals surface area contributed by atoms with Gasteiger partial charge in [-0.1, -0.05) is 43.3 Å². The minimum Gasteiger partial charge on any atom is -0.361 e. The highest BCUT2D eigenvalue weighted by molar-refractivity contribution is 5.59. The molecule has 0 aliphatic carbocycles. The number of nitrogens with two attached hydrogens (primary N) is 1. The van der Waals surface area contributed by atoms with Crippen LogP contribution in [-0.4, -0.2) is 11.7 Å². The Hall–Kier alpha value is -1.61. The summed E-state index contributed by atoms with van der Waals surface area (Å²) in [6.07, 6.45) is 0.733. The lowest BCUT2D eigenvalue weighted by molar-refractivity contribution is 0.386. The quantitative estimate of drug-likeness (QED) is 0.878. The number of aromatic nitrogens is 1. The van der Waals surface area contributed by atoms with Crippen molar-refractivity contribution < 1.29 is 4.52 Å². The van der Waals surface area contributed by atoms with Crippen LogP contribution in [-0.2, 0) is 6.42 Å². The van der Waals surface area contributed by atoms with Crippen molar-refractivity contribution in [3.8, 4) is 11.3 Å². The molecule has 1 heterocycles. The molecule has 0 aliphatic rings. The Morgan fingerprint density at radius 1 is 1.24 bits per heavy atom. The van der Waals surface area contributed by atoms with Gasteiger partial charge in [0.2, 0.25) is 0 Å². The second kappa shape index (κ2) is 5.15. The maximum absolute atomic E-state index is 5.47. The van der Waals surface area contributed by atoms with Crippen LogP contribution in [0.2, 0.25) is 0 Å². The van der Waals surface area contributed by atoms with Crippen molar-refractivity contribution in [3.05, 3.63) is 41.7 Å². The molecule has 17 heavy (non-hydrogen) atoms. The van der Waals surface area contributed by atoms with Crippen LogP contribution in [0.4, 0.5) is 0 Å². The number of benzene rings is 1. The van der Waals surface area contributed by atoms with Gasteiger partial charge in [0.1, 0.15) is 11.5 Å². The molecule has 3 heteroatoms. The molecule has 0 amide bonds. The summed E-state index contributed by atoms with van der Waals surface area (Å²) in [6.45, 7) is 4.95. The van der Waals surface area contributed by atoms with Gasteiger partial charge in [-0.05, 0) is 18.0 Å². The van der Waals surface area contributed by atoms with Gasteiger partial charge in [0.05, 0.1) is 0 Å². The zero-order valence-electron chi connectivity index (χ0n) is 10.3. The molecule has 0 saturated heterocycles. The summed E-state index contributed by atoms with van der Waals surface area (Å²) in [4.78, 5) is 0. The van der Waals surface area contributed by atoms with E-state index >= 15 is 0 Å². The molecule has 0 atom stereocenters. The van der Waals surface area contributed by atoms with Gasteiger partial charge in [0, 0.05) is 18.1 Å². The van der Waals surface area contributed by atoms with Crippen LogP contribution in [0.15, 0.2) is 34.9 Å². The second-order valence-electron chi connectivity index (χ2n) is 4.49. The van der Waals surface area contributed by atoms with Gasteiger partial charge in [-0.15, -0.1) is 0 Å². The molecule has 0 aliphatic heterocycles. The minimum atomic E-state index is 0.550. The highest BCUT2D eigenvalue weighted by Crippen LogP contribution is 2.22. The van der Waals surface area contributed by atoms with E-state index in [1.54, 1.807) is 0 Å². The highest BCUT2D eigenvalue weighted by atomic mass is 16.5. The van der Waals surface area contributed by atoms with E-state index in [9.17, 15) is 0 Å². The molecule has 0 spiro atoms. The first kappa shape index (κ1) is 11.9. The summed E-state index contributed by atoms with van der Waals surface area (Å²) in [5, 5.41) is 4.05. The van der Waals surface area contributed by atoms with Gasteiger partial charge < -0.3 is 10.3 Å². The minimum absolute atomic E-state index is 0.550. The monoisotopic (exact) mass is 230 g/mol. The Balaban J connectivity index is 2.21. The molecule has 3 nitrogen and oxygen atoms in total. The van der Waals surface area contributed by atoms with Crippen molar-refractivity contribution in [3.63, 3.8) is 0 Å². The maximum Gasteiger partial charge on any atom is 0.138 e. The fraction of sp³-hybridized carbons (Fsp3) is 0.357. The van der Waals surface area contributed by atoms with Gasteiger partial charge in [-0.25, -0.2) is 0 Å². The third-order valence-corrected chi connectivity index (χ3v) is 2.82. The molecule has 0 radical (unpaired) electrons. The number of hydrogen-bond acceptors (Lipinski definition) is 3. The van der Waals surface area contributed by atoms with Gasteiger partial charge in [-0.2, -0.15) is 0 Å². The predicted octanol–water partition coefficient (Wildman–Crippen LogP) is 2.97. The van der Waals surface area contributed by atoms with E-state index in [0.29, 0.717) is 12.5 Å². The summed E-state index contributed by atoms with van der Waals surface area (Å²) in [6, 6.07) is 10.4.